The average Bonchev–Trinajstić information content (AvgIpc) is 2.83. The van der Waals surface area contributed by atoms with Crippen LogP contribution in [0.25, 0.3) is 0 Å². The zero-order valence-corrected chi connectivity index (χ0v) is 11.0. The van der Waals surface area contributed by atoms with Gasteiger partial charge in [0.2, 0.25) is 5.91 Å². The first-order chi connectivity index (χ1) is 8.61. The largest absolute Gasteiger partial charge is 0.469 e. The molecule has 2 aliphatic heterocycles. The third-order valence-corrected chi connectivity index (χ3v) is 4.12. The standard InChI is InChI=1S/C11H16N2O4S/c1-17-10(15)7-3-2-4-13(5-7)9(14)8-6-18-11(16)12-8/h7-8H,2-6H2,1H3,(H,12,16). The Morgan fingerprint density at radius 2 is 2.28 bits per heavy atom. The van der Waals surface area contributed by atoms with E-state index in [2.05, 4.69) is 5.32 Å². The first kappa shape index (κ1) is 13.2. The van der Waals surface area contributed by atoms with Gasteiger partial charge >= 0.3 is 5.97 Å². The second-order valence-electron chi connectivity index (χ2n) is 4.44. The normalized spacial score (nSPS) is 27.8. The van der Waals surface area contributed by atoms with Crippen LogP contribution < -0.4 is 5.32 Å². The van der Waals surface area contributed by atoms with Crippen LogP contribution in [0.15, 0.2) is 0 Å². The van der Waals surface area contributed by atoms with E-state index in [0.29, 0.717) is 18.8 Å². The molecule has 2 heterocycles. The molecular weight excluding hydrogens is 256 g/mol. The van der Waals surface area contributed by atoms with E-state index in [1.165, 1.54) is 7.11 Å². The Bertz CT molecular complexity index is 374. The number of esters is 1. The predicted molar refractivity (Wildman–Crippen MR) is 66.1 cm³/mol. The molecule has 0 spiro atoms. The third-order valence-electron chi connectivity index (χ3n) is 3.24. The third kappa shape index (κ3) is 2.77. The van der Waals surface area contributed by atoms with Crippen LogP contribution in [-0.4, -0.2) is 54.0 Å². The monoisotopic (exact) mass is 272 g/mol. The van der Waals surface area contributed by atoms with Crippen molar-refractivity contribution in [2.45, 2.75) is 18.9 Å². The molecule has 100 valence electrons. The second kappa shape index (κ2) is 5.60. The predicted octanol–water partition coefficient (Wildman–Crippen LogP) is 0.223. The number of amides is 2. The summed E-state index contributed by atoms with van der Waals surface area (Å²) in [6, 6.07) is -0.445. The van der Waals surface area contributed by atoms with Crippen LogP contribution >= 0.6 is 11.8 Å². The highest BCUT2D eigenvalue weighted by Gasteiger charge is 2.35. The zero-order valence-electron chi connectivity index (χ0n) is 10.2. The lowest BCUT2D eigenvalue weighted by Gasteiger charge is -2.32. The van der Waals surface area contributed by atoms with Gasteiger partial charge in [0.25, 0.3) is 5.24 Å². The molecule has 0 aliphatic carbocycles. The van der Waals surface area contributed by atoms with E-state index >= 15 is 0 Å². The van der Waals surface area contributed by atoms with Crippen molar-refractivity contribution in [3.63, 3.8) is 0 Å². The van der Waals surface area contributed by atoms with Crippen molar-refractivity contribution < 1.29 is 19.1 Å². The number of carbonyl (C=O) groups excluding carboxylic acids is 3. The van der Waals surface area contributed by atoms with Gasteiger partial charge in [0.1, 0.15) is 6.04 Å². The number of methoxy groups -OCH3 is 1. The lowest BCUT2D eigenvalue weighted by Crippen LogP contribution is -2.50. The SMILES string of the molecule is COC(=O)C1CCCN(C(=O)C2CSC(=O)N2)C1. The molecule has 7 heteroatoms. The molecule has 0 saturated carbocycles. The molecule has 2 fully saturated rings. The Morgan fingerprint density at radius 1 is 1.50 bits per heavy atom. The molecule has 0 radical (unpaired) electrons. The van der Waals surface area contributed by atoms with Gasteiger partial charge in [0.15, 0.2) is 0 Å². The number of piperidine rings is 1. The summed E-state index contributed by atoms with van der Waals surface area (Å²) in [6.45, 7) is 1.03. The van der Waals surface area contributed by atoms with Crippen LogP contribution in [0, 0.1) is 5.92 Å². The minimum absolute atomic E-state index is 0.0954. The van der Waals surface area contributed by atoms with E-state index in [-0.39, 0.29) is 23.0 Å². The van der Waals surface area contributed by atoms with Crippen LogP contribution in [0.4, 0.5) is 4.79 Å². The summed E-state index contributed by atoms with van der Waals surface area (Å²) < 4.78 is 4.71. The maximum atomic E-state index is 12.1. The van der Waals surface area contributed by atoms with E-state index in [1.807, 2.05) is 0 Å². The molecule has 2 amide bonds. The fourth-order valence-corrected chi connectivity index (χ4v) is 3.04. The van der Waals surface area contributed by atoms with Gasteiger partial charge in [0, 0.05) is 18.8 Å². The van der Waals surface area contributed by atoms with Crippen molar-refractivity contribution in [1.29, 1.82) is 0 Å². The molecule has 2 rings (SSSR count). The van der Waals surface area contributed by atoms with Gasteiger partial charge in [-0.05, 0) is 12.8 Å². The fraction of sp³-hybridized carbons (Fsp3) is 0.727. The quantitative estimate of drug-likeness (QED) is 0.728. The van der Waals surface area contributed by atoms with E-state index in [0.717, 1.165) is 24.6 Å². The molecule has 0 aromatic rings. The average molecular weight is 272 g/mol. The molecule has 2 saturated heterocycles. The maximum Gasteiger partial charge on any atom is 0.310 e. The first-order valence-corrected chi connectivity index (χ1v) is 6.90. The Balaban J connectivity index is 1.94. The van der Waals surface area contributed by atoms with Crippen molar-refractivity contribution in [3.8, 4) is 0 Å². The van der Waals surface area contributed by atoms with Gasteiger partial charge < -0.3 is 15.0 Å². The molecular formula is C11H16N2O4S. The van der Waals surface area contributed by atoms with Crippen molar-refractivity contribution in [2.24, 2.45) is 5.92 Å². The summed E-state index contributed by atoms with van der Waals surface area (Å²) in [6.07, 6.45) is 1.54. The van der Waals surface area contributed by atoms with Crippen LogP contribution in [0.2, 0.25) is 0 Å². The number of ether oxygens (including phenoxy) is 1. The number of hydrogen-bond donors (Lipinski definition) is 1. The van der Waals surface area contributed by atoms with Crippen LogP contribution in [0.1, 0.15) is 12.8 Å². The lowest BCUT2D eigenvalue weighted by molar-refractivity contribution is -0.149. The zero-order chi connectivity index (χ0) is 13.1. The van der Waals surface area contributed by atoms with Crippen molar-refractivity contribution in [2.75, 3.05) is 26.0 Å². The molecule has 1 N–H and O–H groups in total. The van der Waals surface area contributed by atoms with E-state index in [1.54, 1.807) is 4.90 Å². The Kier molecular flexibility index (Phi) is 4.11. The lowest BCUT2D eigenvalue weighted by atomic mass is 9.97. The second-order valence-corrected chi connectivity index (χ2v) is 5.43. The van der Waals surface area contributed by atoms with Crippen molar-refractivity contribution in [3.05, 3.63) is 0 Å². The van der Waals surface area contributed by atoms with Crippen LogP contribution in [0.3, 0.4) is 0 Å². The highest BCUT2D eigenvalue weighted by Crippen LogP contribution is 2.21. The summed E-state index contributed by atoms with van der Waals surface area (Å²) in [7, 11) is 1.36. The van der Waals surface area contributed by atoms with Gasteiger partial charge in [-0.25, -0.2) is 0 Å². The van der Waals surface area contributed by atoms with Gasteiger partial charge in [-0.15, -0.1) is 0 Å². The molecule has 0 aromatic carbocycles. The number of carbonyl (C=O) groups is 3. The van der Waals surface area contributed by atoms with Crippen molar-refractivity contribution in [1.82, 2.24) is 10.2 Å². The molecule has 2 atom stereocenters. The molecule has 6 nitrogen and oxygen atoms in total. The van der Waals surface area contributed by atoms with Gasteiger partial charge in [-0.1, -0.05) is 11.8 Å². The molecule has 18 heavy (non-hydrogen) atoms. The number of likely N-dealkylation sites (tertiary alicyclic amines) is 1. The summed E-state index contributed by atoms with van der Waals surface area (Å²) in [5.41, 5.74) is 0. The minimum atomic E-state index is -0.445. The number of rotatable bonds is 2. The van der Waals surface area contributed by atoms with Gasteiger partial charge in [-0.2, -0.15) is 0 Å². The number of nitrogens with one attached hydrogen (secondary N) is 1. The topological polar surface area (TPSA) is 75.7 Å². The van der Waals surface area contributed by atoms with E-state index in [9.17, 15) is 14.4 Å². The Labute approximate surface area is 109 Å². The Morgan fingerprint density at radius 3 is 2.89 bits per heavy atom. The summed E-state index contributed by atoms with van der Waals surface area (Å²) in [5, 5.41) is 2.47. The first-order valence-electron chi connectivity index (χ1n) is 5.91. The fourth-order valence-electron chi connectivity index (χ4n) is 2.27. The van der Waals surface area contributed by atoms with Crippen molar-refractivity contribution >= 4 is 28.9 Å². The highest BCUT2D eigenvalue weighted by atomic mass is 32.2. The minimum Gasteiger partial charge on any atom is -0.469 e. The smallest absolute Gasteiger partial charge is 0.310 e. The summed E-state index contributed by atoms with van der Waals surface area (Å²) >= 11 is 1.12. The highest BCUT2D eigenvalue weighted by molar-refractivity contribution is 8.14. The van der Waals surface area contributed by atoms with E-state index < -0.39 is 6.04 Å². The van der Waals surface area contributed by atoms with Crippen LogP contribution in [-0.2, 0) is 14.3 Å². The molecule has 2 aliphatic rings. The van der Waals surface area contributed by atoms with Crippen LogP contribution in [0.5, 0.6) is 0 Å². The van der Waals surface area contributed by atoms with Gasteiger partial charge in [0.05, 0.1) is 13.0 Å². The molecule has 2 unspecified atom stereocenters. The maximum absolute atomic E-state index is 12.1. The Hall–Kier alpha value is -1.24. The summed E-state index contributed by atoms with van der Waals surface area (Å²) in [4.78, 5) is 36.3. The number of nitrogens with zero attached hydrogens (tertiary/aromatic N) is 1. The number of hydrogen-bond acceptors (Lipinski definition) is 5. The molecule has 0 bridgehead atoms. The molecule has 0 aromatic heterocycles. The number of thioether (sulfide) groups is 1. The van der Waals surface area contributed by atoms with E-state index in [4.69, 9.17) is 4.74 Å². The summed E-state index contributed by atoms with van der Waals surface area (Å²) in [5.74, 6) is -0.131. The van der Waals surface area contributed by atoms with Gasteiger partial charge in [-0.3, -0.25) is 14.4 Å².